The van der Waals surface area contributed by atoms with Crippen LogP contribution in [-0.2, 0) is 13.8 Å². The lowest BCUT2D eigenvalue weighted by Gasteiger charge is -2.14. The molecule has 2 heterocycles. The molecule has 5 atom stereocenters. The van der Waals surface area contributed by atoms with Gasteiger partial charge >= 0.3 is 7.60 Å². The van der Waals surface area contributed by atoms with Crippen molar-refractivity contribution in [3.63, 3.8) is 0 Å². The van der Waals surface area contributed by atoms with Gasteiger partial charge in [-0.2, -0.15) is 4.57 Å². The number of aliphatic hydroxyl groups excluding tert-OH is 2. The monoisotopic (exact) mass is 332 g/mol. The maximum Gasteiger partial charge on any atom is 0.325 e. The molecule has 1 aromatic heterocycles. The minimum Gasteiger partial charge on any atom is -0.387 e. The second-order valence-electron chi connectivity index (χ2n) is 5.24. The number of hydrogen-bond donors (Lipinski definition) is 3. The lowest BCUT2D eigenvalue weighted by molar-refractivity contribution is -0.765. The Kier molecular flexibility index (Phi) is 5.11. The zero-order valence-electron chi connectivity index (χ0n) is 12.2. The van der Waals surface area contributed by atoms with Crippen LogP contribution in [0.5, 0.6) is 0 Å². The predicted molar refractivity (Wildman–Crippen MR) is 74.3 cm³/mol. The number of hydrogen-bond acceptors (Lipinski definition) is 6. The molecular weight excluding hydrogens is 313 g/mol. The van der Waals surface area contributed by atoms with Gasteiger partial charge < -0.3 is 24.4 Å². The van der Waals surface area contributed by atoms with Gasteiger partial charge in [0.1, 0.15) is 12.2 Å². The van der Waals surface area contributed by atoms with E-state index in [4.69, 9.17) is 14.2 Å². The molecule has 3 N–H and O–H groups in total. The van der Waals surface area contributed by atoms with Crippen LogP contribution in [-0.4, -0.2) is 52.5 Å². The smallest absolute Gasteiger partial charge is 0.325 e. The van der Waals surface area contributed by atoms with E-state index in [9.17, 15) is 19.6 Å². The average molecular weight is 332 g/mol. The first-order chi connectivity index (χ1) is 10.2. The van der Waals surface area contributed by atoms with E-state index in [0.717, 1.165) is 6.66 Å². The molecule has 0 amide bonds. The van der Waals surface area contributed by atoms with Crippen LogP contribution < -0.4 is 4.57 Å². The number of carbonyl (C=O) groups excluding carboxylic acids is 1. The Morgan fingerprint density at radius 1 is 1.45 bits per heavy atom. The van der Waals surface area contributed by atoms with Gasteiger partial charge in [-0.15, -0.1) is 0 Å². The van der Waals surface area contributed by atoms with Crippen molar-refractivity contribution in [2.75, 3.05) is 13.3 Å². The molecule has 22 heavy (non-hydrogen) atoms. The van der Waals surface area contributed by atoms with Crippen LogP contribution >= 0.6 is 7.60 Å². The summed E-state index contributed by atoms with van der Waals surface area (Å²) in [4.78, 5) is 20.5. The van der Waals surface area contributed by atoms with Gasteiger partial charge in [0.15, 0.2) is 24.3 Å². The lowest BCUT2D eigenvalue weighted by Crippen LogP contribution is -2.46. The Hall–Kier alpha value is -1.15. The van der Waals surface area contributed by atoms with Crippen molar-refractivity contribution in [3.05, 3.63) is 30.1 Å². The molecule has 1 aliphatic rings. The molecule has 0 bridgehead atoms. The molecule has 0 aromatic carbocycles. The van der Waals surface area contributed by atoms with Crippen molar-refractivity contribution < 1.29 is 38.3 Å². The number of carbonyl (C=O) groups is 1. The van der Waals surface area contributed by atoms with Crippen LogP contribution in [0.2, 0.25) is 0 Å². The van der Waals surface area contributed by atoms with Crippen LogP contribution in [0.15, 0.2) is 24.5 Å². The normalized spacial score (nSPS) is 31.0. The summed E-state index contributed by atoms with van der Waals surface area (Å²) in [6.07, 6.45) is -1.30. The second kappa shape index (κ2) is 6.54. The highest BCUT2D eigenvalue weighted by molar-refractivity contribution is 7.51. The van der Waals surface area contributed by atoms with Crippen molar-refractivity contribution in [1.29, 1.82) is 0 Å². The Bertz CT molecular complexity index is 602. The highest BCUT2D eigenvalue weighted by Crippen LogP contribution is 2.38. The first-order valence-electron chi connectivity index (χ1n) is 6.67. The van der Waals surface area contributed by atoms with Crippen molar-refractivity contribution in [2.24, 2.45) is 0 Å². The number of ketones is 1. The number of Topliss-reactive ketones (excluding diaryl/α,β-unsaturated/α-hetero) is 1. The van der Waals surface area contributed by atoms with E-state index < -0.39 is 32.1 Å². The average Bonchev–Trinajstić information content (AvgIpc) is 2.72. The zero-order valence-corrected chi connectivity index (χ0v) is 13.1. The van der Waals surface area contributed by atoms with Crippen molar-refractivity contribution in [2.45, 2.75) is 31.5 Å². The number of aromatic nitrogens is 1. The van der Waals surface area contributed by atoms with E-state index in [2.05, 4.69) is 0 Å². The molecule has 1 fully saturated rings. The Labute approximate surface area is 127 Å². The highest BCUT2D eigenvalue weighted by Gasteiger charge is 2.48. The molecule has 1 aromatic rings. The molecule has 0 saturated carbocycles. The second-order valence-corrected chi connectivity index (χ2v) is 7.11. The number of rotatable bonds is 5. The van der Waals surface area contributed by atoms with E-state index in [0.29, 0.717) is 5.56 Å². The summed E-state index contributed by atoms with van der Waals surface area (Å²) in [6.45, 7) is 2.11. The van der Waals surface area contributed by atoms with Crippen molar-refractivity contribution >= 4 is 13.4 Å². The number of aliphatic hydroxyl groups is 2. The molecule has 122 valence electrons. The number of nitrogens with zero attached hydrogens (tertiary/aromatic N) is 1. The standard InChI is InChI=1S/C13H18NO7P/c1-8(15)9-4-3-5-14(6-9)13-12(17)11(16)10(21-13)7-20-22(2,18)19/h3-6,10-13,16-17H,7H2,1-2H3/p+1/t10-,11-,12-,13-/m1/s1. The van der Waals surface area contributed by atoms with Crippen LogP contribution in [0.1, 0.15) is 23.5 Å². The maximum absolute atomic E-state index is 11.4. The molecule has 0 aliphatic carbocycles. The third kappa shape index (κ3) is 3.98. The number of pyridine rings is 1. The largest absolute Gasteiger partial charge is 0.387 e. The molecule has 0 spiro atoms. The lowest BCUT2D eigenvalue weighted by atomic mass is 10.1. The van der Waals surface area contributed by atoms with E-state index in [-0.39, 0.29) is 12.4 Å². The molecule has 8 nitrogen and oxygen atoms in total. The van der Waals surface area contributed by atoms with Crippen molar-refractivity contribution in [1.82, 2.24) is 0 Å². The molecular formula is C13H19NO7P+. The van der Waals surface area contributed by atoms with Gasteiger partial charge in [0.25, 0.3) is 6.23 Å². The van der Waals surface area contributed by atoms with E-state index in [1.54, 1.807) is 18.3 Å². The topological polar surface area (TPSA) is 117 Å². The first kappa shape index (κ1) is 17.2. The summed E-state index contributed by atoms with van der Waals surface area (Å²) in [5, 5.41) is 20.0. The molecule has 1 unspecified atom stereocenters. The maximum atomic E-state index is 11.4. The predicted octanol–water partition coefficient (Wildman–Crippen LogP) is -0.372. The molecule has 9 heteroatoms. The fourth-order valence-corrected chi connectivity index (χ4v) is 2.61. The summed E-state index contributed by atoms with van der Waals surface area (Å²) in [6, 6.07) is 3.24. The summed E-state index contributed by atoms with van der Waals surface area (Å²) < 4.78 is 22.8. The van der Waals surface area contributed by atoms with Crippen molar-refractivity contribution in [3.8, 4) is 0 Å². The Morgan fingerprint density at radius 3 is 2.73 bits per heavy atom. The van der Waals surface area contributed by atoms with Crippen LogP contribution in [0, 0.1) is 0 Å². The Morgan fingerprint density at radius 2 is 2.14 bits per heavy atom. The molecule has 1 aliphatic heterocycles. The highest BCUT2D eigenvalue weighted by atomic mass is 31.2. The van der Waals surface area contributed by atoms with E-state index in [1.165, 1.54) is 17.7 Å². The fourth-order valence-electron chi connectivity index (χ4n) is 2.18. The van der Waals surface area contributed by atoms with Gasteiger partial charge in [-0.25, -0.2) is 0 Å². The molecule has 1 saturated heterocycles. The SMILES string of the molecule is CC(=O)c1ccc[n+]([C@@H]2O[C@H](COP(C)(=O)O)[C@@H](O)[C@H]2O)c1. The quantitative estimate of drug-likeness (QED) is 0.382. The minimum absolute atomic E-state index is 0.144. The molecule has 0 radical (unpaired) electrons. The first-order valence-corrected chi connectivity index (χ1v) is 8.69. The summed E-state index contributed by atoms with van der Waals surface area (Å²) in [5.74, 6) is -0.144. The number of ether oxygens (including phenoxy) is 1. The van der Waals surface area contributed by atoms with Gasteiger partial charge in [0, 0.05) is 12.7 Å². The van der Waals surface area contributed by atoms with Gasteiger partial charge in [-0.1, -0.05) is 0 Å². The third-order valence-electron chi connectivity index (χ3n) is 3.34. The van der Waals surface area contributed by atoms with Crippen LogP contribution in [0.3, 0.4) is 0 Å². The summed E-state index contributed by atoms with van der Waals surface area (Å²) >= 11 is 0. The Balaban J connectivity index is 2.14. The zero-order chi connectivity index (χ0) is 16.5. The minimum atomic E-state index is -3.70. The molecule has 2 rings (SSSR count). The van der Waals surface area contributed by atoms with Gasteiger partial charge in [-0.3, -0.25) is 9.36 Å². The summed E-state index contributed by atoms with van der Waals surface area (Å²) in [7, 11) is -3.70. The fraction of sp³-hybridized carbons (Fsp3) is 0.538. The third-order valence-corrected chi connectivity index (χ3v) is 3.97. The summed E-state index contributed by atoms with van der Waals surface area (Å²) in [5.41, 5.74) is 0.431. The van der Waals surface area contributed by atoms with Crippen LogP contribution in [0.4, 0.5) is 0 Å². The van der Waals surface area contributed by atoms with E-state index in [1.807, 2.05) is 0 Å². The van der Waals surface area contributed by atoms with Crippen LogP contribution in [0.25, 0.3) is 0 Å². The van der Waals surface area contributed by atoms with Gasteiger partial charge in [-0.05, 0) is 13.0 Å². The van der Waals surface area contributed by atoms with E-state index >= 15 is 0 Å². The van der Waals surface area contributed by atoms with Gasteiger partial charge in [0.2, 0.25) is 0 Å². The van der Waals surface area contributed by atoms with Gasteiger partial charge in [0.05, 0.1) is 12.2 Å².